The smallest absolute Gasteiger partial charge is 0.255 e. The number of carbonyl (C=O) groups excluding carboxylic acids is 1. The van der Waals surface area contributed by atoms with E-state index in [1.807, 2.05) is 37.3 Å². The van der Waals surface area contributed by atoms with Gasteiger partial charge < -0.3 is 5.32 Å². The molecule has 1 heterocycles. The van der Waals surface area contributed by atoms with Crippen LogP contribution in [0.5, 0.6) is 0 Å². The van der Waals surface area contributed by atoms with E-state index < -0.39 is 0 Å². The molecule has 1 N–H and O–H groups in total. The summed E-state index contributed by atoms with van der Waals surface area (Å²) in [5, 5.41) is 2.98. The maximum Gasteiger partial charge on any atom is 0.255 e. The minimum absolute atomic E-state index is 0.00931. The first kappa shape index (κ1) is 10.1. The Morgan fingerprint density at radius 2 is 1.88 bits per heavy atom. The average molecular weight is 223 g/mol. The zero-order valence-corrected chi connectivity index (χ0v) is 9.66. The van der Waals surface area contributed by atoms with E-state index in [2.05, 4.69) is 17.4 Å². The van der Waals surface area contributed by atoms with E-state index in [1.165, 1.54) is 5.56 Å². The van der Waals surface area contributed by atoms with Crippen LogP contribution in [0.2, 0.25) is 0 Å². The summed E-state index contributed by atoms with van der Waals surface area (Å²) < 4.78 is 0. The molecule has 0 atom stereocenters. The molecule has 1 amide bonds. The SMILES string of the molecule is Cc1ccc2c(c1)NC(=O)c1ccccc1C2. The lowest BCUT2D eigenvalue weighted by atomic mass is 10.00. The Labute approximate surface area is 100 Å². The van der Waals surface area contributed by atoms with Crippen molar-refractivity contribution < 1.29 is 4.79 Å². The monoisotopic (exact) mass is 223 g/mol. The zero-order chi connectivity index (χ0) is 11.8. The maximum absolute atomic E-state index is 12.1. The Bertz CT molecular complexity index is 602. The number of anilines is 1. The lowest BCUT2D eigenvalue weighted by Crippen LogP contribution is -2.11. The highest BCUT2D eigenvalue weighted by atomic mass is 16.1. The number of amides is 1. The number of aryl methyl sites for hydroxylation is 1. The Balaban J connectivity index is 2.17. The molecule has 1 aliphatic heterocycles. The highest BCUT2D eigenvalue weighted by Crippen LogP contribution is 2.26. The third kappa shape index (κ3) is 1.72. The van der Waals surface area contributed by atoms with Crippen molar-refractivity contribution in [2.75, 3.05) is 5.32 Å². The van der Waals surface area contributed by atoms with Crippen molar-refractivity contribution in [3.63, 3.8) is 0 Å². The minimum atomic E-state index is -0.00931. The second kappa shape index (κ2) is 3.74. The molecule has 84 valence electrons. The molecule has 0 spiro atoms. The van der Waals surface area contributed by atoms with Gasteiger partial charge in [-0.1, -0.05) is 30.3 Å². The number of hydrogen-bond acceptors (Lipinski definition) is 1. The van der Waals surface area contributed by atoms with Crippen molar-refractivity contribution >= 4 is 11.6 Å². The van der Waals surface area contributed by atoms with Gasteiger partial charge in [0.1, 0.15) is 0 Å². The highest BCUT2D eigenvalue weighted by molar-refractivity contribution is 6.06. The van der Waals surface area contributed by atoms with Crippen LogP contribution in [-0.2, 0) is 6.42 Å². The Kier molecular flexibility index (Phi) is 2.22. The number of hydrogen-bond donors (Lipinski definition) is 1. The van der Waals surface area contributed by atoms with Crippen molar-refractivity contribution in [2.45, 2.75) is 13.3 Å². The molecule has 0 aliphatic carbocycles. The first-order chi connectivity index (χ1) is 8.24. The fraction of sp³-hybridized carbons (Fsp3) is 0.133. The van der Waals surface area contributed by atoms with Crippen LogP contribution in [-0.4, -0.2) is 5.91 Å². The molecule has 2 heteroatoms. The van der Waals surface area contributed by atoms with Crippen LogP contribution in [0, 0.1) is 6.92 Å². The van der Waals surface area contributed by atoms with Gasteiger partial charge in [-0.25, -0.2) is 0 Å². The van der Waals surface area contributed by atoms with E-state index in [0.29, 0.717) is 0 Å². The van der Waals surface area contributed by atoms with E-state index in [4.69, 9.17) is 0 Å². The van der Waals surface area contributed by atoms with Crippen molar-refractivity contribution in [3.8, 4) is 0 Å². The van der Waals surface area contributed by atoms with Gasteiger partial charge in [0.2, 0.25) is 0 Å². The number of rotatable bonds is 0. The van der Waals surface area contributed by atoms with E-state index >= 15 is 0 Å². The molecule has 0 bridgehead atoms. The number of fused-ring (bicyclic) bond motifs is 2. The van der Waals surface area contributed by atoms with E-state index in [9.17, 15) is 4.79 Å². The molecule has 0 unspecified atom stereocenters. The van der Waals surface area contributed by atoms with Crippen LogP contribution >= 0.6 is 0 Å². The van der Waals surface area contributed by atoms with Crippen LogP contribution in [0.25, 0.3) is 0 Å². The zero-order valence-electron chi connectivity index (χ0n) is 9.66. The second-order valence-electron chi connectivity index (χ2n) is 4.45. The third-order valence-corrected chi connectivity index (χ3v) is 3.16. The molecule has 2 aromatic carbocycles. The molecular formula is C15H13NO. The van der Waals surface area contributed by atoms with Crippen LogP contribution in [0.15, 0.2) is 42.5 Å². The molecule has 0 saturated heterocycles. The molecule has 17 heavy (non-hydrogen) atoms. The van der Waals surface area contributed by atoms with Crippen LogP contribution in [0.1, 0.15) is 27.0 Å². The van der Waals surface area contributed by atoms with Crippen molar-refractivity contribution in [1.82, 2.24) is 0 Å². The molecule has 0 saturated carbocycles. The summed E-state index contributed by atoms with van der Waals surface area (Å²) in [6.07, 6.45) is 0.810. The lowest BCUT2D eigenvalue weighted by molar-refractivity contribution is 0.102. The maximum atomic E-state index is 12.1. The van der Waals surface area contributed by atoms with Gasteiger partial charge in [0, 0.05) is 17.7 Å². The predicted octanol–water partition coefficient (Wildman–Crippen LogP) is 3.15. The predicted molar refractivity (Wildman–Crippen MR) is 68.4 cm³/mol. The second-order valence-corrected chi connectivity index (χ2v) is 4.45. The standard InChI is InChI=1S/C15H13NO/c1-10-6-7-12-9-11-4-2-3-5-13(11)15(17)16-14(12)8-10/h2-8H,9H2,1H3,(H,16,17). The van der Waals surface area contributed by atoms with Gasteiger partial charge in [-0.15, -0.1) is 0 Å². The van der Waals surface area contributed by atoms with Crippen molar-refractivity contribution in [3.05, 3.63) is 64.7 Å². The summed E-state index contributed by atoms with van der Waals surface area (Å²) >= 11 is 0. The fourth-order valence-corrected chi connectivity index (χ4v) is 2.25. The van der Waals surface area contributed by atoms with Crippen LogP contribution < -0.4 is 5.32 Å². The first-order valence-corrected chi connectivity index (χ1v) is 5.73. The van der Waals surface area contributed by atoms with Gasteiger partial charge in [0.05, 0.1) is 0 Å². The van der Waals surface area contributed by atoms with Crippen LogP contribution in [0.3, 0.4) is 0 Å². The molecule has 0 aromatic heterocycles. The Morgan fingerprint density at radius 1 is 1.06 bits per heavy atom. The van der Waals surface area contributed by atoms with Gasteiger partial charge >= 0.3 is 0 Å². The number of benzene rings is 2. The summed E-state index contributed by atoms with van der Waals surface area (Å²) in [4.78, 5) is 12.1. The minimum Gasteiger partial charge on any atom is -0.322 e. The molecule has 0 radical (unpaired) electrons. The molecule has 0 fully saturated rings. The van der Waals surface area contributed by atoms with Gasteiger partial charge in [-0.2, -0.15) is 0 Å². The largest absolute Gasteiger partial charge is 0.322 e. The Hall–Kier alpha value is -2.09. The molecule has 3 rings (SSSR count). The molecule has 2 aromatic rings. The van der Waals surface area contributed by atoms with Crippen molar-refractivity contribution in [1.29, 1.82) is 0 Å². The van der Waals surface area contributed by atoms with E-state index in [-0.39, 0.29) is 5.91 Å². The van der Waals surface area contributed by atoms with E-state index in [1.54, 1.807) is 0 Å². The summed E-state index contributed by atoms with van der Waals surface area (Å²) in [5.41, 5.74) is 5.14. The first-order valence-electron chi connectivity index (χ1n) is 5.73. The summed E-state index contributed by atoms with van der Waals surface area (Å²) in [5.74, 6) is -0.00931. The normalized spacial score (nSPS) is 13.4. The van der Waals surface area contributed by atoms with Gasteiger partial charge in [0.15, 0.2) is 0 Å². The van der Waals surface area contributed by atoms with Crippen molar-refractivity contribution in [2.24, 2.45) is 0 Å². The topological polar surface area (TPSA) is 29.1 Å². The lowest BCUT2D eigenvalue weighted by Gasteiger charge is -2.06. The highest BCUT2D eigenvalue weighted by Gasteiger charge is 2.18. The Morgan fingerprint density at radius 3 is 2.76 bits per heavy atom. The summed E-state index contributed by atoms with van der Waals surface area (Å²) in [6.45, 7) is 2.03. The summed E-state index contributed by atoms with van der Waals surface area (Å²) in [6, 6.07) is 14.0. The fourth-order valence-electron chi connectivity index (χ4n) is 2.25. The number of nitrogens with one attached hydrogen (secondary N) is 1. The van der Waals surface area contributed by atoms with E-state index in [0.717, 1.165) is 28.8 Å². The van der Waals surface area contributed by atoms with Crippen LogP contribution in [0.4, 0.5) is 5.69 Å². The van der Waals surface area contributed by atoms with Gasteiger partial charge in [-0.3, -0.25) is 4.79 Å². The molecule has 1 aliphatic rings. The summed E-state index contributed by atoms with van der Waals surface area (Å²) in [7, 11) is 0. The molecule has 2 nitrogen and oxygen atoms in total. The quantitative estimate of drug-likeness (QED) is 0.730. The average Bonchev–Trinajstić information content (AvgIpc) is 2.46. The third-order valence-electron chi connectivity index (χ3n) is 3.16. The number of carbonyl (C=O) groups is 1. The molecular weight excluding hydrogens is 210 g/mol. The van der Waals surface area contributed by atoms with Gasteiger partial charge in [-0.05, 0) is 35.7 Å². The van der Waals surface area contributed by atoms with Gasteiger partial charge in [0.25, 0.3) is 5.91 Å².